The zero-order valence-electron chi connectivity index (χ0n) is 12.2. The van der Waals surface area contributed by atoms with Gasteiger partial charge in [0, 0.05) is 7.14 Å². The normalized spacial score (nSPS) is 10.8. The molecule has 0 aliphatic rings. The maximum atomic E-state index is 13.6. The second kappa shape index (κ2) is 7.35. The monoisotopic (exact) mass is 640 g/mol. The van der Waals surface area contributed by atoms with Crippen LogP contribution in [0.25, 0.3) is 22.3 Å². The van der Waals surface area contributed by atoms with Crippen molar-refractivity contribution in [3.05, 3.63) is 76.7 Å². The van der Waals surface area contributed by atoms with E-state index < -0.39 is 0 Å². The van der Waals surface area contributed by atoms with Crippen LogP contribution in [0, 0.1) is 23.5 Å². The molecule has 23 heavy (non-hydrogen) atoms. The largest absolute Gasteiger partial charge is 0.206 e. The summed E-state index contributed by atoms with van der Waals surface area (Å²) in [5, 5.41) is 0. The van der Waals surface area contributed by atoms with E-state index in [0.717, 1.165) is 14.7 Å². The highest BCUT2D eigenvalue weighted by atomic mass is 127. The number of rotatable bonds is 2. The van der Waals surface area contributed by atoms with Crippen LogP contribution in [0.15, 0.2) is 54.6 Å². The van der Waals surface area contributed by atoms with Gasteiger partial charge in [-0.1, -0.05) is 48.0 Å². The van der Waals surface area contributed by atoms with E-state index >= 15 is 0 Å². The minimum Gasteiger partial charge on any atom is -0.206 e. The first kappa shape index (κ1) is 17.6. The highest BCUT2D eigenvalue weighted by molar-refractivity contribution is 14.1. The maximum absolute atomic E-state index is 13.6. The molecule has 0 aliphatic carbocycles. The highest BCUT2D eigenvalue weighted by Crippen LogP contribution is 2.32. The second-order valence-electron chi connectivity index (χ2n) is 5.28. The van der Waals surface area contributed by atoms with E-state index in [9.17, 15) is 4.39 Å². The lowest BCUT2D eigenvalue weighted by Crippen LogP contribution is -1.91. The third-order valence-corrected chi connectivity index (χ3v) is 7.77. The Bertz CT molecular complexity index is 871. The Morgan fingerprint density at radius 3 is 1.87 bits per heavy atom. The third-order valence-electron chi connectivity index (χ3n) is 3.67. The predicted molar refractivity (Wildman–Crippen MR) is 120 cm³/mol. The fourth-order valence-electron chi connectivity index (χ4n) is 2.43. The molecule has 0 spiro atoms. The van der Waals surface area contributed by atoms with Crippen LogP contribution in [-0.2, 0) is 0 Å². The van der Waals surface area contributed by atoms with Crippen LogP contribution in [0.4, 0.5) is 4.39 Å². The number of halogens is 4. The minimum atomic E-state index is -0.162. The van der Waals surface area contributed by atoms with Gasteiger partial charge in [-0.3, -0.25) is 0 Å². The summed E-state index contributed by atoms with van der Waals surface area (Å²) in [6.07, 6.45) is 0. The first-order valence-corrected chi connectivity index (χ1v) is 10.2. The Kier molecular flexibility index (Phi) is 5.62. The first-order chi connectivity index (χ1) is 11.0. The molecule has 0 nitrogen and oxygen atoms in total. The zero-order valence-corrected chi connectivity index (χ0v) is 18.7. The lowest BCUT2D eigenvalue weighted by atomic mass is 10.00. The minimum absolute atomic E-state index is 0.162. The summed E-state index contributed by atoms with van der Waals surface area (Å²) in [6.45, 7) is 2.10. The van der Waals surface area contributed by atoms with Gasteiger partial charge < -0.3 is 0 Å². The molecule has 0 amide bonds. The Labute approximate surface area is 176 Å². The smallest absolute Gasteiger partial charge is 0.137 e. The molecule has 0 heterocycles. The Balaban J connectivity index is 2.01. The summed E-state index contributed by atoms with van der Waals surface area (Å²) in [5.41, 5.74) is 5.89. The van der Waals surface area contributed by atoms with Gasteiger partial charge in [0.05, 0.1) is 3.57 Å². The third kappa shape index (κ3) is 3.73. The van der Waals surface area contributed by atoms with E-state index in [1.54, 1.807) is 0 Å². The molecule has 3 rings (SSSR count). The average molecular weight is 640 g/mol. The Morgan fingerprint density at radius 1 is 0.696 bits per heavy atom. The highest BCUT2D eigenvalue weighted by Gasteiger charge is 2.11. The van der Waals surface area contributed by atoms with Crippen LogP contribution in [0.2, 0.25) is 0 Å². The molecule has 3 aromatic carbocycles. The van der Waals surface area contributed by atoms with Crippen LogP contribution in [0.3, 0.4) is 0 Å². The van der Waals surface area contributed by atoms with Gasteiger partial charge in [0.15, 0.2) is 0 Å². The predicted octanol–water partition coefficient (Wildman–Crippen LogP) is 7.28. The molecule has 0 atom stereocenters. The Hall–Kier alpha value is -0.220. The molecular weight excluding hydrogens is 628 g/mol. The van der Waals surface area contributed by atoms with E-state index in [2.05, 4.69) is 117 Å². The summed E-state index contributed by atoms with van der Waals surface area (Å²) in [4.78, 5) is 0. The molecule has 0 saturated carbocycles. The summed E-state index contributed by atoms with van der Waals surface area (Å²) in [6, 6.07) is 18.4. The van der Waals surface area contributed by atoms with Gasteiger partial charge >= 0.3 is 0 Å². The van der Waals surface area contributed by atoms with Gasteiger partial charge in [-0.05, 0) is 109 Å². The molecule has 0 radical (unpaired) electrons. The molecule has 0 aromatic heterocycles. The van der Waals surface area contributed by atoms with Crippen molar-refractivity contribution in [2.24, 2.45) is 0 Å². The number of aryl methyl sites for hydroxylation is 1. The maximum Gasteiger partial charge on any atom is 0.137 e. The molecule has 0 fully saturated rings. The van der Waals surface area contributed by atoms with Crippen LogP contribution in [-0.4, -0.2) is 0 Å². The zero-order chi connectivity index (χ0) is 16.6. The lowest BCUT2D eigenvalue weighted by Gasteiger charge is -2.10. The molecule has 0 N–H and O–H groups in total. The molecular formula is C19H12FI3. The van der Waals surface area contributed by atoms with Crippen molar-refractivity contribution in [1.29, 1.82) is 0 Å². The molecule has 116 valence electrons. The summed E-state index contributed by atoms with van der Waals surface area (Å²) in [5.74, 6) is -0.162. The number of benzene rings is 3. The average Bonchev–Trinajstić information content (AvgIpc) is 2.53. The molecule has 0 bridgehead atoms. The van der Waals surface area contributed by atoms with E-state index in [-0.39, 0.29) is 5.82 Å². The van der Waals surface area contributed by atoms with Crippen molar-refractivity contribution in [2.75, 3.05) is 0 Å². The molecule has 0 unspecified atom stereocenters. The van der Waals surface area contributed by atoms with Crippen molar-refractivity contribution in [3.8, 4) is 22.3 Å². The van der Waals surface area contributed by atoms with Gasteiger partial charge in [-0.2, -0.15) is 0 Å². The van der Waals surface area contributed by atoms with E-state index in [0.29, 0.717) is 3.57 Å². The number of hydrogen-bond acceptors (Lipinski definition) is 0. The van der Waals surface area contributed by atoms with Crippen LogP contribution in [0.5, 0.6) is 0 Å². The fourth-order valence-corrected chi connectivity index (χ4v) is 4.63. The van der Waals surface area contributed by atoms with Gasteiger partial charge in [-0.15, -0.1) is 0 Å². The Morgan fingerprint density at radius 2 is 1.26 bits per heavy atom. The standard InChI is InChI=1S/C19H12FI3/c1-11-2-7-14(17(21)10-11)12-3-5-13(6-4-12)15-8-9-16(20)19(23)18(15)22/h2-10H,1H3. The van der Waals surface area contributed by atoms with E-state index in [1.807, 2.05) is 6.07 Å². The SMILES string of the molecule is Cc1ccc(-c2ccc(-c3ccc(F)c(I)c3I)cc2)c(I)c1. The van der Waals surface area contributed by atoms with Crippen molar-refractivity contribution < 1.29 is 4.39 Å². The fraction of sp³-hybridized carbons (Fsp3) is 0.0526. The summed E-state index contributed by atoms with van der Waals surface area (Å²) >= 11 is 6.65. The van der Waals surface area contributed by atoms with Crippen LogP contribution < -0.4 is 0 Å². The van der Waals surface area contributed by atoms with Gasteiger partial charge in [0.2, 0.25) is 0 Å². The topological polar surface area (TPSA) is 0 Å². The number of hydrogen-bond donors (Lipinski definition) is 0. The first-order valence-electron chi connectivity index (χ1n) is 6.98. The van der Waals surface area contributed by atoms with Crippen molar-refractivity contribution in [1.82, 2.24) is 0 Å². The van der Waals surface area contributed by atoms with Gasteiger partial charge in [-0.25, -0.2) is 4.39 Å². The van der Waals surface area contributed by atoms with E-state index in [1.165, 1.54) is 26.3 Å². The van der Waals surface area contributed by atoms with Crippen LogP contribution in [0.1, 0.15) is 5.56 Å². The molecule has 0 aliphatic heterocycles. The van der Waals surface area contributed by atoms with Gasteiger partial charge in [0.1, 0.15) is 5.82 Å². The van der Waals surface area contributed by atoms with Gasteiger partial charge in [0.25, 0.3) is 0 Å². The molecule has 0 saturated heterocycles. The second-order valence-corrected chi connectivity index (χ2v) is 8.60. The van der Waals surface area contributed by atoms with E-state index in [4.69, 9.17) is 0 Å². The van der Waals surface area contributed by atoms with Crippen molar-refractivity contribution in [2.45, 2.75) is 6.92 Å². The van der Waals surface area contributed by atoms with Crippen LogP contribution >= 0.6 is 67.8 Å². The van der Waals surface area contributed by atoms with Crippen molar-refractivity contribution in [3.63, 3.8) is 0 Å². The summed E-state index contributed by atoms with van der Waals surface area (Å²) < 4.78 is 16.5. The molecule has 4 heteroatoms. The summed E-state index contributed by atoms with van der Waals surface area (Å²) in [7, 11) is 0. The lowest BCUT2D eigenvalue weighted by molar-refractivity contribution is 0.619. The van der Waals surface area contributed by atoms with Crippen molar-refractivity contribution >= 4 is 67.8 Å². The quantitative estimate of drug-likeness (QED) is 0.204. The molecule has 3 aromatic rings.